The van der Waals surface area contributed by atoms with Gasteiger partial charge in [-0.15, -0.1) is 0 Å². The third-order valence-corrected chi connectivity index (χ3v) is 3.86. The molecule has 0 aliphatic carbocycles. The van der Waals surface area contributed by atoms with Gasteiger partial charge in [0, 0.05) is 12.0 Å². The topological polar surface area (TPSA) is 95.1 Å². The summed E-state index contributed by atoms with van der Waals surface area (Å²) in [4.78, 5) is 23.8. The third kappa shape index (κ3) is 3.94. The van der Waals surface area contributed by atoms with Gasteiger partial charge in [0.05, 0.1) is 5.69 Å². The van der Waals surface area contributed by atoms with Crippen LogP contribution in [0.5, 0.6) is 0 Å². The number of carboxylic acids is 1. The van der Waals surface area contributed by atoms with Crippen molar-refractivity contribution in [1.82, 2.24) is 15.5 Å². The van der Waals surface area contributed by atoms with Crippen LogP contribution in [-0.4, -0.2) is 33.2 Å². The molecule has 3 rings (SSSR count). The number of carboxylic acid groups (broad SMARTS) is 1. The van der Waals surface area contributed by atoms with E-state index in [0.29, 0.717) is 0 Å². The predicted octanol–water partition coefficient (Wildman–Crippen LogP) is 2.64. The first-order valence-corrected chi connectivity index (χ1v) is 7.92. The van der Waals surface area contributed by atoms with Crippen LogP contribution >= 0.6 is 0 Å². The molecule has 0 saturated heterocycles. The lowest BCUT2D eigenvalue weighted by atomic mass is 10.1. The zero-order valence-electron chi connectivity index (χ0n) is 13.6. The van der Waals surface area contributed by atoms with Gasteiger partial charge in [-0.25, -0.2) is 9.18 Å². The Morgan fingerprint density at radius 1 is 1.12 bits per heavy atom. The van der Waals surface area contributed by atoms with Crippen LogP contribution in [-0.2, 0) is 11.2 Å². The summed E-state index contributed by atoms with van der Waals surface area (Å²) in [5.41, 5.74) is 1.37. The SMILES string of the molecule is O=C(N[C@@H](Cc1ccccc1)C(=O)O)c1cc(-c2ccccc2F)n[nH]1. The second kappa shape index (κ2) is 7.60. The van der Waals surface area contributed by atoms with Gasteiger partial charge in [-0.3, -0.25) is 9.89 Å². The third-order valence-electron chi connectivity index (χ3n) is 3.86. The maximum absolute atomic E-state index is 13.8. The number of aromatic nitrogens is 2. The molecule has 26 heavy (non-hydrogen) atoms. The fourth-order valence-corrected chi connectivity index (χ4v) is 2.53. The molecule has 0 saturated carbocycles. The van der Waals surface area contributed by atoms with Gasteiger partial charge in [-0.2, -0.15) is 5.10 Å². The summed E-state index contributed by atoms with van der Waals surface area (Å²) in [5, 5.41) is 18.3. The quantitative estimate of drug-likeness (QED) is 0.635. The van der Waals surface area contributed by atoms with Gasteiger partial charge >= 0.3 is 5.97 Å². The Morgan fingerprint density at radius 3 is 2.50 bits per heavy atom. The van der Waals surface area contributed by atoms with E-state index in [-0.39, 0.29) is 23.4 Å². The van der Waals surface area contributed by atoms with E-state index in [1.165, 1.54) is 12.1 Å². The summed E-state index contributed by atoms with van der Waals surface area (Å²) in [6, 6.07) is 15.3. The predicted molar refractivity (Wildman–Crippen MR) is 93.0 cm³/mol. The molecular weight excluding hydrogens is 337 g/mol. The van der Waals surface area contributed by atoms with Gasteiger partial charge in [0.1, 0.15) is 17.6 Å². The lowest BCUT2D eigenvalue weighted by Gasteiger charge is -2.13. The molecule has 6 nitrogen and oxygen atoms in total. The van der Waals surface area contributed by atoms with E-state index in [1.807, 2.05) is 6.07 Å². The molecule has 0 fully saturated rings. The number of hydrogen-bond donors (Lipinski definition) is 3. The average molecular weight is 353 g/mol. The minimum Gasteiger partial charge on any atom is -0.480 e. The summed E-state index contributed by atoms with van der Waals surface area (Å²) in [6.07, 6.45) is 0.149. The number of aliphatic carboxylic acids is 1. The molecule has 0 unspecified atom stereocenters. The first-order valence-electron chi connectivity index (χ1n) is 7.92. The van der Waals surface area contributed by atoms with E-state index in [9.17, 15) is 19.1 Å². The zero-order chi connectivity index (χ0) is 18.5. The highest BCUT2D eigenvalue weighted by atomic mass is 19.1. The van der Waals surface area contributed by atoms with Gasteiger partial charge < -0.3 is 10.4 Å². The number of aromatic amines is 1. The van der Waals surface area contributed by atoms with Crippen LogP contribution in [0.25, 0.3) is 11.3 Å². The fourth-order valence-electron chi connectivity index (χ4n) is 2.53. The van der Waals surface area contributed by atoms with Crippen molar-refractivity contribution < 1.29 is 19.1 Å². The van der Waals surface area contributed by atoms with E-state index < -0.39 is 23.7 Å². The second-order valence-electron chi connectivity index (χ2n) is 5.70. The number of carbonyl (C=O) groups excluding carboxylic acids is 1. The number of benzene rings is 2. The van der Waals surface area contributed by atoms with E-state index in [0.717, 1.165) is 5.56 Å². The Morgan fingerprint density at radius 2 is 1.81 bits per heavy atom. The molecule has 0 radical (unpaired) electrons. The van der Waals surface area contributed by atoms with Gasteiger partial charge in [0.2, 0.25) is 0 Å². The van der Waals surface area contributed by atoms with Crippen LogP contribution in [0, 0.1) is 5.82 Å². The van der Waals surface area contributed by atoms with Crippen molar-refractivity contribution in [2.45, 2.75) is 12.5 Å². The van der Waals surface area contributed by atoms with E-state index in [4.69, 9.17) is 0 Å². The molecule has 1 heterocycles. The summed E-state index contributed by atoms with van der Waals surface area (Å²) < 4.78 is 13.8. The lowest BCUT2D eigenvalue weighted by Crippen LogP contribution is -2.42. The minimum atomic E-state index is -1.14. The zero-order valence-corrected chi connectivity index (χ0v) is 13.6. The Kier molecular flexibility index (Phi) is 5.07. The number of nitrogens with zero attached hydrogens (tertiary/aromatic N) is 1. The Bertz CT molecular complexity index is 925. The monoisotopic (exact) mass is 353 g/mol. The van der Waals surface area contributed by atoms with Crippen molar-refractivity contribution in [3.8, 4) is 11.3 Å². The molecule has 2 aromatic carbocycles. The Balaban J connectivity index is 1.74. The van der Waals surface area contributed by atoms with Crippen LogP contribution in [0.2, 0.25) is 0 Å². The molecule has 0 spiro atoms. The number of rotatable bonds is 6. The van der Waals surface area contributed by atoms with Crippen molar-refractivity contribution in [3.05, 3.63) is 77.7 Å². The smallest absolute Gasteiger partial charge is 0.326 e. The molecule has 1 amide bonds. The fraction of sp³-hybridized carbons (Fsp3) is 0.105. The first-order chi connectivity index (χ1) is 12.5. The Hall–Kier alpha value is -3.48. The molecule has 0 bridgehead atoms. The lowest BCUT2D eigenvalue weighted by molar-refractivity contribution is -0.139. The molecule has 3 N–H and O–H groups in total. The highest BCUT2D eigenvalue weighted by Gasteiger charge is 2.22. The van der Waals surface area contributed by atoms with Crippen molar-refractivity contribution in [3.63, 3.8) is 0 Å². The molecular formula is C19H16FN3O3. The van der Waals surface area contributed by atoms with Crippen molar-refractivity contribution in [1.29, 1.82) is 0 Å². The van der Waals surface area contributed by atoms with Crippen molar-refractivity contribution in [2.75, 3.05) is 0 Å². The standard InChI is InChI=1S/C19H16FN3O3/c20-14-9-5-4-8-13(14)15-11-16(23-22-15)18(24)21-17(19(25)26)10-12-6-2-1-3-7-12/h1-9,11,17H,10H2,(H,21,24)(H,22,23)(H,25,26)/t17-/m0/s1. The van der Waals surface area contributed by atoms with E-state index in [2.05, 4.69) is 15.5 Å². The Labute approximate surface area is 148 Å². The highest BCUT2D eigenvalue weighted by Crippen LogP contribution is 2.20. The summed E-state index contributed by atoms with van der Waals surface area (Å²) in [7, 11) is 0. The van der Waals surface area contributed by atoms with Crippen LogP contribution in [0.15, 0.2) is 60.7 Å². The molecule has 132 valence electrons. The molecule has 3 aromatic rings. The van der Waals surface area contributed by atoms with Crippen LogP contribution in [0.3, 0.4) is 0 Å². The van der Waals surface area contributed by atoms with Gasteiger partial charge in [-0.1, -0.05) is 42.5 Å². The van der Waals surface area contributed by atoms with E-state index in [1.54, 1.807) is 42.5 Å². The number of H-pyrrole nitrogens is 1. The highest BCUT2D eigenvalue weighted by molar-refractivity contribution is 5.95. The minimum absolute atomic E-state index is 0.0579. The van der Waals surface area contributed by atoms with Crippen molar-refractivity contribution >= 4 is 11.9 Å². The molecule has 1 atom stereocenters. The normalized spacial score (nSPS) is 11.7. The van der Waals surface area contributed by atoms with Gasteiger partial charge in [0.15, 0.2) is 0 Å². The number of nitrogens with one attached hydrogen (secondary N) is 2. The summed E-state index contributed by atoms with van der Waals surface area (Å²) in [5.74, 6) is -2.22. The number of carbonyl (C=O) groups is 2. The molecule has 0 aliphatic heterocycles. The van der Waals surface area contributed by atoms with Gasteiger partial charge in [-0.05, 0) is 23.8 Å². The van der Waals surface area contributed by atoms with Crippen LogP contribution in [0.1, 0.15) is 16.1 Å². The maximum atomic E-state index is 13.8. The average Bonchev–Trinajstić information content (AvgIpc) is 3.12. The summed E-state index contributed by atoms with van der Waals surface area (Å²) in [6.45, 7) is 0. The number of hydrogen-bond acceptors (Lipinski definition) is 3. The first kappa shape index (κ1) is 17.3. The van der Waals surface area contributed by atoms with E-state index >= 15 is 0 Å². The number of halogens is 1. The molecule has 1 aromatic heterocycles. The maximum Gasteiger partial charge on any atom is 0.326 e. The van der Waals surface area contributed by atoms with Crippen LogP contribution < -0.4 is 5.32 Å². The van der Waals surface area contributed by atoms with Gasteiger partial charge in [0.25, 0.3) is 5.91 Å². The second-order valence-corrected chi connectivity index (χ2v) is 5.70. The summed E-state index contributed by atoms with van der Waals surface area (Å²) >= 11 is 0. The molecule has 7 heteroatoms. The van der Waals surface area contributed by atoms with Crippen molar-refractivity contribution in [2.24, 2.45) is 0 Å². The molecule has 0 aliphatic rings. The van der Waals surface area contributed by atoms with Crippen LogP contribution in [0.4, 0.5) is 4.39 Å². The number of amides is 1. The largest absolute Gasteiger partial charge is 0.480 e.